The number of furan rings is 2. The highest BCUT2D eigenvalue weighted by atomic mass is 32.2. The third-order valence-corrected chi connectivity index (χ3v) is 5.09. The summed E-state index contributed by atoms with van der Waals surface area (Å²) in [6.07, 6.45) is 3.08. The number of hydrogen-bond donors (Lipinski definition) is 0. The Morgan fingerprint density at radius 3 is 2.68 bits per heavy atom. The molecule has 1 aromatic carbocycles. The molecule has 0 N–H and O–H groups in total. The lowest BCUT2D eigenvalue weighted by Crippen LogP contribution is -2.05. The SMILES string of the molecule is COC(=O)c1ccoc1CSc1nnc(-c2ccco2)n1Cc1ccccc1. The number of carbonyl (C=O) groups excluding carboxylic acids is 1. The largest absolute Gasteiger partial charge is 0.468 e. The third-order valence-electron chi connectivity index (χ3n) is 4.13. The minimum atomic E-state index is -0.425. The first-order valence-electron chi connectivity index (χ1n) is 8.54. The minimum Gasteiger partial charge on any atom is -0.468 e. The highest BCUT2D eigenvalue weighted by Crippen LogP contribution is 2.29. The van der Waals surface area contributed by atoms with E-state index in [-0.39, 0.29) is 0 Å². The summed E-state index contributed by atoms with van der Waals surface area (Å²) in [6.45, 7) is 0.591. The van der Waals surface area contributed by atoms with Gasteiger partial charge in [0.05, 0.1) is 31.9 Å². The fraction of sp³-hybridized carbons (Fsp3) is 0.150. The van der Waals surface area contributed by atoms with E-state index in [0.29, 0.717) is 40.4 Å². The number of esters is 1. The van der Waals surface area contributed by atoms with Crippen LogP contribution in [0.1, 0.15) is 21.7 Å². The summed E-state index contributed by atoms with van der Waals surface area (Å²) in [5.41, 5.74) is 1.53. The lowest BCUT2D eigenvalue weighted by molar-refractivity contribution is 0.0598. The summed E-state index contributed by atoms with van der Waals surface area (Å²) in [7, 11) is 1.35. The van der Waals surface area contributed by atoms with Crippen molar-refractivity contribution in [2.24, 2.45) is 0 Å². The molecule has 0 atom stereocenters. The fourth-order valence-corrected chi connectivity index (χ4v) is 3.66. The molecule has 3 heterocycles. The van der Waals surface area contributed by atoms with Gasteiger partial charge in [0, 0.05) is 0 Å². The lowest BCUT2D eigenvalue weighted by atomic mass is 10.2. The molecule has 0 saturated carbocycles. The van der Waals surface area contributed by atoms with Crippen molar-refractivity contribution in [2.75, 3.05) is 7.11 Å². The summed E-state index contributed by atoms with van der Waals surface area (Å²) in [5, 5.41) is 9.32. The van der Waals surface area contributed by atoms with Crippen molar-refractivity contribution in [1.29, 1.82) is 0 Å². The van der Waals surface area contributed by atoms with Crippen LogP contribution in [-0.4, -0.2) is 27.8 Å². The van der Waals surface area contributed by atoms with Crippen LogP contribution in [0.25, 0.3) is 11.6 Å². The van der Waals surface area contributed by atoms with Crippen LogP contribution < -0.4 is 0 Å². The second-order valence-electron chi connectivity index (χ2n) is 5.89. The van der Waals surface area contributed by atoms with E-state index in [0.717, 1.165) is 5.56 Å². The molecule has 0 fully saturated rings. The standard InChI is InChI=1S/C20H17N3O4S/c1-25-19(24)15-9-11-27-17(15)13-28-20-22-21-18(16-8-5-10-26-16)23(20)12-14-6-3-2-4-7-14/h2-11H,12-13H2,1H3. The molecule has 4 aromatic rings. The quantitative estimate of drug-likeness (QED) is 0.341. The fourth-order valence-electron chi connectivity index (χ4n) is 2.77. The maximum absolute atomic E-state index is 11.8. The van der Waals surface area contributed by atoms with Crippen molar-refractivity contribution < 1.29 is 18.4 Å². The first-order valence-corrected chi connectivity index (χ1v) is 9.53. The van der Waals surface area contributed by atoms with Gasteiger partial charge < -0.3 is 13.6 Å². The highest BCUT2D eigenvalue weighted by Gasteiger charge is 2.20. The van der Waals surface area contributed by atoms with Crippen LogP contribution in [-0.2, 0) is 17.0 Å². The van der Waals surface area contributed by atoms with Gasteiger partial charge in [0.2, 0.25) is 5.82 Å². The topological polar surface area (TPSA) is 83.3 Å². The van der Waals surface area contributed by atoms with Crippen molar-refractivity contribution in [3.8, 4) is 11.6 Å². The van der Waals surface area contributed by atoms with E-state index >= 15 is 0 Å². The second-order valence-corrected chi connectivity index (χ2v) is 6.84. The maximum atomic E-state index is 11.8. The van der Waals surface area contributed by atoms with Gasteiger partial charge in [-0.05, 0) is 23.8 Å². The Labute approximate surface area is 165 Å². The van der Waals surface area contributed by atoms with Crippen LogP contribution in [0.2, 0.25) is 0 Å². The average Bonchev–Trinajstić information content (AvgIpc) is 3.47. The normalized spacial score (nSPS) is 10.9. The zero-order valence-electron chi connectivity index (χ0n) is 15.1. The molecule has 0 spiro atoms. The van der Waals surface area contributed by atoms with E-state index in [4.69, 9.17) is 13.6 Å². The molecule has 28 heavy (non-hydrogen) atoms. The number of thioether (sulfide) groups is 1. The number of rotatable bonds is 7. The summed E-state index contributed by atoms with van der Waals surface area (Å²) in [5.74, 6) is 1.81. The Morgan fingerprint density at radius 1 is 1.07 bits per heavy atom. The van der Waals surface area contributed by atoms with Crippen molar-refractivity contribution in [1.82, 2.24) is 14.8 Å². The van der Waals surface area contributed by atoms with Crippen molar-refractivity contribution in [3.63, 3.8) is 0 Å². The molecular formula is C20H17N3O4S. The summed E-state index contributed by atoms with van der Waals surface area (Å²) >= 11 is 1.43. The number of hydrogen-bond acceptors (Lipinski definition) is 7. The number of ether oxygens (including phenoxy) is 1. The lowest BCUT2D eigenvalue weighted by Gasteiger charge is -2.09. The summed E-state index contributed by atoms with van der Waals surface area (Å²) in [4.78, 5) is 11.8. The second kappa shape index (κ2) is 8.18. The number of benzene rings is 1. The predicted octanol–water partition coefficient (Wildman–Crippen LogP) is 4.26. The first-order chi connectivity index (χ1) is 13.8. The van der Waals surface area contributed by atoms with E-state index in [2.05, 4.69) is 10.2 Å². The van der Waals surface area contributed by atoms with E-state index < -0.39 is 5.97 Å². The van der Waals surface area contributed by atoms with Gasteiger partial charge in [-0.3, -0.25) is 4.57 Å². The average molecular weight is 395 g/mol. The Bertz CT molecular complexity index is 1050. The minimum absolute atomic E-state index is 0.412. The number of methoxy groups -OCH3 is 1. The monoisotopic (exact) mass is 395 g/mol. The molecule has 142 valence electrons. The smallest absolute Gasteiger partial charge is 0.341 e. The van der Waals surface area contributed by atoms with Gasteiger partial charge in [-0.1, -0.05) is 42.1 Å². The zero-order chi connectivity index (χ0) is 19.3. The van der Waals surface area contributed by atoms with Crippen molar-refractivity contribution in [3.05, 3.63) is 77.9 Å². The van der Waals surface area contributed by atoms with Crippen LogP contribution in [0.3, 0.4) is 0 Å². The Kier molecular flexibility index (Phi) is 5.29. The van der Waals surface area contributed by atoms with Crippen LogP contribution in [0.5, 0.6) is 0 Å². The van der Waals surface area contributed by atoms with E-state index in [9.17, 15) is 4.79 Å². The Balaban J connectivity index is 1.62. The predicted molar refractivity (Wildman–Crippen MR) is 103 cm³/mol. The highest BCUT2D eigenvalue weighted by molar-refractivity contribution is 7.98. The van der Waals surface area contributed by atoms with Crippen LogP contribution in [0.15, 0.2) is 75.0 Å². The molecular weight excluding hydrogens is 378 g/mol. The number of aromatic nitrogens is 3. The summed E-state index contributed by atoms with van der Waals surface area (Å²) in [6, 6.07) is 15.3. The molecule has 3 aromatic heterocycles. The molecule has 0 radical (unpaired) electrons. The molecule has 0 amide bonds. The molecule has 4 rings (SSSR count). The molecule has 0 aliphatic rings. The van der Waals surface area contributed by atoms with Crippen molar-refractivity contribution in [2.45, 2.75) is 17.5 Å². The van der Waals surface area contributed by atoms with E-state index in [1.165, 1.54) is 25.1 Å². The number of nitrogens with zero attached hydrogens (tertiary/aromatic N) is 3. The van der Waals surface area contributed by atoms with Gasteiger partial charge in [-0.2, -0.15) is 0 Å². The van der Waals surface area contributed by atoms with Gasteiger partial charge in [0.15, 0.2) is 10.9 Å². The Morgan fingerprint density at radius 2 is 1.93 bits per heavy atom. The van der Waals surface area contributed by atoms with Gasteiger partial charge in [0.25, 0.3) is 0 Å². The van der Waals surface area contributed by atoms with Gasteiger partial charge >= 0.3 is 5.97 Å². The van der Waals surface area contributed by atoms with Gasteiger partial charge in [0.1, 0.15) is 11.3 Å². The molecule has 0 bridgehead atoms. The molecule has 0 unspecified atom stereocenters. The molecule has 0 aliphatic heterocycles. The first kappa shape index (κ1) is 18.1. The van der Waals surface area contributed by atoms with E-state index in [1.54, 1.807) is 12.3 Å². The van der Waals surface area contributed by atoms with E-state index in [1.807, 2.05) is 47.0 Å². The van der Waals surface area contributed by atoms with Crippen molar-refractivity contribution >= 4 is 17.7 Å². The van der Waals surface area contributed by atoms with Gasteiger partial charge in [-0.15, -0.1) is 10.2 Å². The molecule has 7 nitrogen and oxygen atoms in total. The van der Waals surface area contributed by atoms with Gasteiger partial charge in [-0.25, -0.2) is 4.79 Å². The molecule has 0 saturated heterocycles. The maximum Gasteiger partial charge on any atom is 0.341 e. The summed E-state index contributed by atoms with van der Waals surface area (Å²) < 4.78 is 17.7. The number of carbonyl (C=O) groups is 1. The van der Waals surface area contributed by atoms with Crippen LogP contribution in [0.4, 0.5) is 0 Å². The molecule has 8 heteroatoms. The van der Waals surface area contributed by atoms with Crippen LogP contribution >= 0.6 is 11.8 Å². The third kappa shape index (κ3) is 3.72. The van der Waals surface area contributed by atoms with Crippen LogP contribution in [0, 0.1) is 0 Å². The zero-order valence-corrected chi connectivity index (χ0v) is 15.9. The Hall–Kier alpha value is -3.26. The molecule has 0 aliphatic carbocycles.